The van der Waals surface area contributed by atoms with Gasteiger partial charge in [-0.15, -0.1) is 0 Å². The molecule has 3 N–H and O–H groups in total. The Morgan fingerprint density at radius 2 is 1.79 bits per heavy atom. The topological polar surface area (TPSA) is 73.6 Å². The second kappa shape index (κ2) is 6.99. The largest absolute Gasteiger partial charge is 0.497 e. The molecule has 0 aliphatic carbocycles. The Morgan fingerprint density at radius 1 is 1.26 bits per heavy atom. The lowest BCUT2D eigenvalue weighted by Gasteiger charge is -2.18. The molecule has 1 amide bonds. The third kappa shape index (κ3) is 4.13. The number of rotatable bonds is 6. The molecular weight excluding hydrogens is 244 g/mol. The van der Waals surface area contributed by atoms with E-state index < -0.39 is 6.04 Å². The fraction of sp³-hybridized carbons (Fsp3) is 0.500. The average Bonchev–Trinajstić information content (AvgIpc) is 2.44. The number of benzene rings is 1. The Labute approximate surface area is 114 Å². The van der Waals surface area contributed by atoms with Crippen molar-refractivity contribution in [3.8, 4) is 11.5 Å². The maximum atomic E-state index is 12.0. The van der Waals surface area contributed by atoms with Crippen molar-refractivity contribution in [1.29, 1.82) is 0 Å². The minimum absolute atomic E-state index is 0.132. The number of hydrogen-bond donors (Lipinski definition) is 2. The summed E-state index contributed by atoms with van der Waals surface area (Å²) in [7, 11) is 3.12. The zero-order valence-electron chi connectivity index (χ0n) is 11.9. The number of carbonyl (C=O) groups excluding carboxylic acids is 1. The first-order chi connectivity index (χ1) is 9.01. The van der Waals surface area contributed by atoms with Crippen LogP contribution in [-0.2, 0) is 4.79 Å². The number of amides is 1. The van der Waals surface area contributed by atoms with Crippen molar-refractivity contribution >= 4 is 11.6 Å². The van der Waals surface area contributed by atoms with E-state index in [1.54, 1.807) is 32.4 Å². The van der Waals surface area contributed by atoms with E-state index in [0.29, 0.717) is 17.2 Å². The van der Waals surface area contributed by atoms with Gasteiger partial charge in [0.1, 0.15) is 11.5 Å². The van der Waals surface area contributed by atoms with Gasteiger partial charge in [0, 0.05) is 23.9 Å². The molecular formula is C14H22N2O3. The highest BCUT2D eigenvalue weighted by molar-refractivity contribution is 5.95. The molecule has 0 heterocycles. The third-order valence-electron chi connectivity index (χ3n) is 3.18. The van der Waals surface area contributed by atoms with Crippen LogP contribution in [0.2, 0.25) is 0 Å². The van der Waals surface area contributed by atoms with Gasteiger partial charge in [0.05, 0.1) is 20.3 Å². The van der Waals surface area contributed by atoms with Crippen LogP contribution in [0, 0.1) is 5.92 Å². The summed E-state index contributed by atoms with van der Waals surface area (Å²) in [4.78, 5) is 12.0. The van der Waals surface area contributed by atoms with Crippen molar-refractivity contribution in [2.75, 3.05) is 19.5 Å². The summed E-state index contributed by atoms with van der Waals surface area (Å²) in [6.45, 7) is 3.96. The summed E-state index contributed by atoms with van der Waals surface area (Å²) in [6, 6.07) is 4.67. The standard InChI is InChI=1S/C14H22N2O3/c1-5-9(2)13(15)14(17)16-10-6-11(18-3)8-12(7-10)19-4/h6-9,13H,5,15H2,1-4H3,(H,16,17). The first-order valence-corrected chi connectivity index (χ1v) is 6.31. The smallest absolute Gasteiger partial charge is 0.241 e. The first kappa shape index (κ1) is 15.3. The Balaban J connectivity index is 2.84. The number of carbonyl (C=O) groups is 1. The van der Waals surface area contributed by atoms with E-state index in [1.807, 2.05) is 13.8 Å². The highest BCUT2D eigenvalue weighted by Gasteiger charge is 2.19. The van der Waals surface area contributed by atoms with E-state index >= 15 is 0 Å². The Kier molecular flexibility index (Phi) is 5.63. The molecule has 0 aliphatic rings. The summed E-state index contributed by atoms with van der Waals surface area (Å²) in [5, 5.41) is 2.78. The zero-order chi connectivity index (χ0) is 14.4. The molecule has 5 nitrogen and oxygen atoms in total. The molecule has 0 saturated heterocycles. The van der Waals surface area contributed by atoms with Gasteiger partial charge < -0.3 is 20.5 Å². The van der Waals surface area contributed by atoms with Gasteiger partial charge in [0.2, 0.25) is 5.91 Å². The van der Waals surface area contributed by atoms with Gasteiger partial charge in [-0.05, 0) is 5.92 Å². The number of anilines is 1. The quantitative estimate of drug-likeness (QED) is 0.826. The van der Waals surface area contributed by atoms with Crippen LogP contribution >= 0.6 is 0 Å². The molecule has 0 bridgehead atoms. The summed E-state index contributed by atoms with van der Waals surface area (Å²) in [5.41, 5.74) is 6.50. The summed E-state index contributed by atoms with van der Waals surface area (Å²) in [5.74, 6) is 1.16. The normalized spacial score (nSPS) is 13.5. The summed E-state index contributed by atoms with van der Waals surface area (Å²) in [6.07, 6.45) is 0.857. The van der Waals surface area contributed by atoms with E-state index in [1.165, 1.54) is 0 Å². The second-order valence-corrected chi connectivity index (χ2v) is 4.50. The highest BCUT2D eigenvalue weighted by Crippen LogP contribution is 2.26. The molecule has 0 aliphatic heterocycles. The lowest BCUT2D eigenvalue weighted by atomic mass is 9.99. The number of nitrogens with one attached hydrogen (secondary N) is 1. The summed E-state index contributed by atoms with van der Waals surface area (Å²) >= 11 is 0. The van der Waals surface area contributed by atoms with Gasteiger partial charge in [-0.2, -0.15) is 0 Å². The van der Waals surface area contributed by atoms with Crippen molar-refractivity contribution in [3.63, 3.8) is 0 Å². The second-order valence-electron chi connectivity index (χ2n) is 4.50. The van der Waals surface area contributed by atoms with Crippen LogP contribution in [0.25, 0.3) is 0 Å². The molecule has 1 rings (SSSR count). The molecule has 0 saturated carbocycles. The predicted octanol–water partition coefficient (Wildman–Crippen LogP) is 2.02. The highest BCUT2D eigenvalue weighted by atomic mass is 16.5. The van der Waals surface area contributed by atoms with Crippen LogP contribution in [0.5, 0.6) is 11.5 Å². The lowest BCUT2D eigenvalue weighted by Crippen LogP contribution is -2.40. The number of ether oxygens (including phenoxy) is 2. The molecule has 1 aromatic carbocycles. The SMILES string of the molecule is CCC(C)C(N)C(=O)Nc1cc(OC)cc(OC)c1. The predicted molar refractivity (Wildman–Crippen MR) is 75.6 cm³/mol. The molecule has 0 fully saturated rings. The maximum absolute atomic E-state index is 12.0. The fourth-order valence-corrected chi connectivity index (χ4v) is 1.62. The van der Waals surface area contributed by atoms with Crippen LogP contribution in [-0.4, -0.2) is 26.2 Å². The zero-order valence-corrected chi connectivity index (χ0v) is 11.9. The molecule has 0 spiro atoms. The fourth-order valence-electron chi connectivity index (χ4n) is 1.62. The van der Waals surface area contributed by atoms with Crippen molar-refractivity contribution in [2.45, 2.75) is 26.3 Å². The minimum atomic E-state index is -0.526. The van der Waals surface area contributed by atoms with Crippen molar-refractivity contribution < 1.29 is 14.3 Å². The number of nitrogens with two attached hydrogens (primary N) is 1. The van der Waals surface area contributed by atoms with E-state index in [0.717, 1.165) is 6.42 Å². The van der Waals surface area contributed by atoms with Crippen LogP contribution in [0.15, 0.2) is 18.2 Å². The van der Waals surface area contributed by atoms with Crippen LogP contribution in [0.4, 0.5) is 5.69 Å². The van der Waals surface area contributed by atoms with Gasteiger partial charge in [-0.1, -0.05) is 20.3 Å². The molecule has 1 aromatic rings. The van der Waals surface area contributed by atoms with Gasteiger partial charge in [-0.3, -0.25) is 4.79 Å². The number of methoxy groups -OCH3 is 2. The molecule has 0 radical (unpaired) electrons. The maximum Gasteiger partial charge on any atom is 0.241 e. The minimum Gasteiger partial charge on any atom is -0.497 e. The first-order valence-electron chi connectivity index (χ1n) is 6.31. The van der Waals surface area contributed by atoms with E-state index in [-0.39, 0.29) is 11.8 Å². The van der Waals surface area contributed by atoms with Gasteiger partial charge in [0.15, 0.2) is 0 Å². The van der Waals surface area contributed by atoms with Gasteiger partial charge in [-0.25, -0.2) is 0 Å². The molecule has 5 heteroatoms. The van der Waals surface area contributed by atoms with E-state index in [2.05, 4.69) is 5.32 Å². The third-order valence-corrected chi connectivity index (χ3v) is 3.18. The molecule has 2 atom stereocenters. The molecule has 106 valence electrons. The van der Waals surface area contributed by atoms with E-state index in [9.17, 15) is 4.79 Å². The molecule has 0 aromatic heterocycles. The van der Waals surface area contributed by atoms with Gasteiger partial charge >= 0.3 is 0 Å². The van der Waals surface area contributed by atoms with Crippen LogP contribution in [0.3, 0.4) is 0 Å². The molecule has 2 unspecified atom stereocenters. The van der Waals surface area contributed by atoms with Crippen molar-refractivity contribution in [2.24, 2.45) is 11.7 Å². The van der Waals surface area contributed by atoms with E-state index in [4.69, 9.17) is 15.2 Å². The van der Waals surface area contributed by atoms with Crippen molar-refractivity contribution in [3.05, 3.63) is 18.2 Å². The Hall–Kier alpha value is -1.75. The number of hydrogen-bond acceptors (Lipinski definition) is 4. The van der Waals surface area contributed by atoms with Crippen molar-refractivity contribution in [1.82, 2.24) is 0 Å². The lowest BCUT2D eigenvalue weighted by molar-refractivity contribution is -0.118. The monoisotopic (exact) mass is 266 g/mol. The Bertz CT molecular complexity index is 412. The summed E-state index contributed by atoms with van der Waals surface area (Å²) < 4.78 is 10.3. The van der Waals surface area contributed by atoms with Gasteiger partial charge in [0.25, 0.3) is 0 Å². The Morgan fingerprint density at radius 3 is 2.21 bits per heavy atom. The van der Waals surface area contributed by atoms with Crippen LogP contribution < -0.4 is 20.5 Å². The molecule has 19 heavy (non-hydrogen) atoms. The van der Waals surface area contributed by atoms with Crippen LogP contribution in [0.1, 0.15) is 20.3 Å². The average molecular weight is 266 g/mol.